The van der Waals surface area contributed by atoms with E-state index in [1.165, 1.54) is 18.4 Å². The first-order chi connectivity index (χ1) is 12.7. The maximum absolute atomic E-state index is 13.0. The highest BCUT2D eigenvalue weighted by Crippen LogP contribution is 2.25. The van der Waals surface area contributed by atoms with Gasteiger partial charge in [0.05, 0.1) is 6.04 Å². The Balaban J connectivity index is 1.39. The standard InChI is InChI=1S/C23H26N2O/c1-17(23(26)21-16-24-22-10-6-5-9-20(21)22)25-13-11-19(12-14-25)15-18-7-3-2-4-8-18/h2-10,16-17,19,24H,11-15H2,1H3. The van der Waals surface area contributed by atoms with Gasteiger partial charge in [0, 0.05) is 22.7 Å². The number of benzene rings is 2. The van der Waals surface area contributed by atoms with Gasteiger partial charge in [0.2, 0.25) is 0 Å². The van der Waals surface area contributed by atoms with E-state index >= 15 is 0 Å². The first-order valence-corrected chi connectivity index (χ1v) is 9.60. The topological polar surface area (TPSA) is 36.1 Å². The lowest BCUT2D eigenvalue weighted by Crippen LogP contribution is -2.44. The highest BCUT2D eigenvalue weighted by molar-refractivity contribution is 6.10. The summed E-state index contributed by atoms with van der Waals surface area (Å²) < 4.78 is 0. The molecule has 2 heterocycles. The summed E-state index contributed by atoms with van der Waals surface area (Å²) in [5.74, 6) is 0.952. The minimum absolute atomic E-state index is 0.0631. The molecule has 2 aromatic carbocycles. The minimum Gasteiger partial charge on any atom is -0.360 e. The number of Topliss-reactive ketones (excluding diaryl/α,β-unsaturated/α-hetero) is 1. The van der Waals surface area contributed by atoms with Crippen LogP contribution in [0.2, 0.25) is 0 Å². The second-order valence-electron chi connectivity index (χ2n) is 7.46. The molecule has 4 rings (SSSR count). The number of H-pyrrole nitrogens is 1. The number of aromatic nitrogens is 1. The van der Waals surface area contributed by atoms with E-state index < -0.39 is 0 Å². The van der Waals surface area contributed by atoms with Crippen LogP contribution in [0.1, 0.15) is 35.7 Å². The van der Waals surface area contributed by atoms with Crippen LogP contribution in [-0.2, 0) is 6.42 Å². The van der Waals surface area contributed by atoms with Crippen molar-refractivity contribution in [2.45, 2.75) is 32.2 Å². The fraction of sp³-hybridized carbons (Fsp3) is 0.348. The van der Waals surface area contributed by atoms with E-state index in [1.54, 1.807) is 0 Å². The summed E-state index contributed by atoms with van der Waals surface area (Å²) in [5, 5.41) is 1.03. The first kappa shape index (κ1) is 17.0. The van der Waals surface area contributed by atoms with Crippen molar-refractivity contribution in [2.75, 3.05) is 13.1 Å². The number of fused-ring (bicyclic) bond motifs is 1. The predicted molar refractivity (Wildman–Crippen MR) is 107 cm³/mol. The van der Waals surface area contributed by atoms with Crippen LogP contribution in [0.5, 0.6) is 0 Å². The molecule has 0 saturated carbocycles. The molecular formula is C23H26N2O. The summed E-state index contributed by atoms with van der Waals surface area (Å²) in [5.41, 5.74) is 3.28. The predicted octanol–water partition coefficient (Wildman–Crippen LogP) is 4.69. The molecule has 0 aliphatic carbocycles. The summed E-state index contributed by atoms with van der Waals surface area (Å²) >= 11 is 0. The summed E-state index contributed by atoms with van der Waals surface area (Å²) in [6, 6.07) is 18.7. The highest BCUT2D eigenvalue weighted by atomic mass is 16.1. The van der Waals surface area contributed by atoms with Gasteiger partial charge in [-0.25, -0.2) is 0 Å². The number of likely N-dealkylation sites (tertiary alicyclic amines) is 1. The maximum atomic E-state index is 13.0. The third-order valence-electron chi connectivity index (χ3n) is 5.80. The summed E-state index contributed by atoms with van der Waals surface area (Å²) in [6.45, 7) is 4.07. The monoisotopic (exact) mass is 346 g/mol. The molecule has 3 nitrogen and oxygen atoms in total. The number of nitrogens with one attached hydrogen (secondary N) is 1. The molecule has 0 amide bonds. The molecular weight excluding hydrogens is 320 g/mol. The molecule has 26 heavy (non-hydrogen) atoms. The number of carbonyl (C=O) groups excluding carboxylic acids is 1. The van der Waals surface area contributed by atoms with Gasteiger partial charge in [-0.05, 0) is 56.8 Å². The Labute approximate surface area is 155 Å². The van der Waals surface area contributed by atoms with Crippen molar-refractivity contribution in [3.8, 4) is 0 Å². The molecule has 1 fully saturated rings. The van der Waals surface area contributed by atoms with Crippen LogP contribution in [0.3, 0.4) is 0 Å². The zero-order valence-electron chi connectivity index (χ0n) is 15.3. The third kappa shape index (κ3) is 3.45. The van der Waals surface area contributed by atoms with Gasteiger partial charge >= 0.3 is 0 Å². The number of carbonyl (C=O) groups is 1. The average Bonchev–Trinajstić information content (AvgIpc) is 3.12. The van der Waals surface area contributed by atoms with Crippen molar-refractivity contribution in [2.24, 2.45) is 5.92 Å². The minimum atomic E-state index is -0.0631. The lowest BCUT2D eigenvalue weighted by atomic mass is 9.89. The number of piperidine rings is 1. The van der Waals surface area contributed by atoms with Gasteiger partial charge in [0.15, 0.2) is 5.78 Å². The Morgan fingerprint density at radius 2 is 1.77 bits per heavy atom. The Kier molecular flexibility index (Phi) is 4.89. The van der Waals surface area contributed by atoms with E-state index in [9.17, 15) is 4.79 Å². The van der Waals surface area contributed by atoms with Crippen LogP contribution in [0.4, 0.5) is 0 Å². The zero-order chi connectivity index (χ0) is 17.9. The number of ketones is 1. The first-order valence-electron chi connectivity index (χ1n) is 9.60. The molecule has 1 atom stereocenters. The molecule has 0 bridgehead atoms. The second kappa shape index (κ2) is 7.46. The number of aromatic amines is 1. The average molecular weight is 346 g/mol. The van der Waals surface area contributed by atoms with Crippen LogP contribution in [-0.4, -0.2) is 34.8 Å². The van der Waals surface area contributed by atoms with E-state index in [2.05, 4.69) is 47.1 Å². The van der Waals surface area contributed by atoms with E-state index in [0.717, 1.165) is 41.9 Å². The van der Waals surface area contributed by atoms with Crippen molar-refractivity contribution >= 4 is 16.7 Å². The van der Waals surface area contributed by atoms with Gasteiger partial charge in [0.25, 0.3) is 0 Å². The SMILES string of the molecule is CC(C(=O)c1c[nH]c2ccccc12)N1CCC(Cc2ccccc2)CC1. The second-order valence-corrected chi connectivity index (χ2v) is 7.46. The van der Waals surface area contributed by atoms with Gasteiger partial charge in [0.1, 0.15) is 0 Å². The van der Waals surface area contributed by atoms with Crippen LogP contribution in [0.15, 0.2) is 60.8 Å². The lowest BCUT2D eigenvalue weighted by Gasteiger charge is -2.35. The van der Waals surface area contributed by atoms with Crippen LogP contribution >= 0.6 is 0 Å². The summed E-state index contributed by atoms with van der Waals surface area (Å²) in [7, 11) is 0. The molecule has 1 aliphatic heterocycles. The van der Waals surface area contributed by atoms with Crippen molar-refractivity contribution in [1.82, 2.24) is 9.88 Å². The van der Waals surface area contributed by atoms with Crippen molar-refractivity contribution in [1.29, 1.82) is 0 Å². The normalized spacial score (nSPS) is 17.4. The Bertz CT molecular complexity index is 875. The number of hydrogen-bond acceptors (Lipinski definition) is 2. The fourth-order valence-electron chi connectivity index (χ4n) is 4.16. The van der Waals surface area contributed by atoms with Gasteiger partial charge < -0.3 is 4.98 Å². The smallest absolute Gasteiger partial charge is 0.181 e. The van der Waals surface area contributed by atoms with Crippen molar-refractivity contribution in [3.63, 3.8) is 0 Å². The van der Waals surface area contributed by atoms with Crippen LogP contribution in [0.25, 0.3) is 10.9 Å². The largest absolute Gasteiger partial charge is 0.360 e. The van der Waals surface area contributed by atoms with Crippen LogP contribution in [0, 0.1) is 5.92 Å². The fourth-order valence-corrected chi connectivity index (χ4v) is 4.16. The quantitative estimate of drug-likeness (QED) is 0.680. The molecule has 1 aliphatic rings. The number of nitrogens with zero attached hydrogens (tertiary/aromatic N) is 1. The molecule has 1 unspecified atom stereocenters. The maximum Gasteiger partial charge on any atom is 0.181 e. The molecule has 3 aromatic rings. The molecule has 3 heteroatoms. The molecule has 1 aromatic heterocycles. The van der Waals surface area contributed by atoms with E-state index in [0.29, 0.717) is 0 Å². The number of rotatable bonds is 5. The molecule has 134 valence electrons. The Hall–Kier alpha value is -2.39. The molecule has 0 spiro atoms. The van der Waals surface area contributed by atoms with Crippen molar-refractivity contribution in [3.05, 3.63) is 71.9 Å². The van der Waals surface area contributed by atoms with Gasteiger partial charge in [-0.3, -0.25) is 9.69 Å². The Morgan fingerprint density at radius 1 is 1.08 bits per heavy atom. The lowest BCUT2D eigenvalue weighted by molar-refractivity contribution is 0.0773. The van der Waals surface area contributed by atoms with E-state index in [-0.39, 0.29) is 11.8 Å². The third-order valence-corrected chi connectivity index (χ3v) is 5.80. The van der Waals surface area contributed by atoms with E-state index in [1.807, 2.05) is 30.5 Å². The summed E-state index contributed by atoms with van der Waals surface area (Å²) in [6.07, 6.45) is 5.35. The zero-order valence-corrected chi connectivity index (χ0v) is 15.3. The van der Waals surface area contributed by atoms with E-state index in [4.69, 9.17) is 0 Å². The molecule has 1 N–H and O–H groups in total. The number of hydrogen-bond donors (Lipinski definition) is 1. The van der Waals surface area contributed by atoms with Crippen LogP contribution < -0.4 is 0 Å². The molecule has 1 saturated heterocycles. The molecule has 0 radical (unpaired) electrons. The summed E-state index contributed by atoms with van der Waals surface area (Å²) in [4.78, 5) is 18.6. The van der Waals surface area contributed by atoms with Gasteiger partial charge in [-0.1, -0.05) is 48.5 Å². The van der Waals surface area contributed by atoms with Crippen molar-refractivity contribution < 1.29 is 4.79 Å². The van der Waals surface area contributed by atoms with Gasteiger partial charge in [-0.2, -0.15) is 0 Å². The Morgan fingerprint density at radius 3 is 2.54 bits per heavy atom. The number of para-hydroxylation sites is 1. The highest BCUT2D eigenvalue weighted by Gasteiger charge is 2.28. The van der Waals surface area contributed by atoms with Gasteiger partial charge in [-0.15, -0.1) is 0 Å².